The number of carbonyl (C=O) groups excluding carboxylic acids is 1. The minimum absolute atomic E-state index is 0.00451. The van der Waals surface area contributed by atoms with Crippen LogP contribution < -0.4 is 15.9 Å². The van der Waals surface area contributed by atoms with E-state index in [1.54, 1.807) is 4.90 Å². The first-order valence-electron chi connectivity index (χ1n) is 15.7. The van der Waals surface area contributed by atoms with E-state index in [0.717, 1.165) is 35.1 Å². The Labute approximate surface area is 267 Å². The zero-order valence-electron chi connectivity index (χ0n) is 26.3. The van der Waals surface area contributed by atoms with E-state index < -0.39 is 30.1 Å². The van der Waals surface area contributed by atoms with E-state index in [9.17, 15) is 15.0 Å². The molecule has 0 radical (unpaired) electrons. The predicted octanol–water partition coefficient (Wildman–Crippen LogP) is 1.56. The van der Waals surface area contributed by atoms with Gasteiger partial charge in [-0.25, -0.2) is 15.0 Å². The summed E-state index contributed by atoms with van der Waals surface area (Å²) in [6.07, 6.45) is 0.579. The third-order valence-electron chi connectivity index (χ3n) is 9.19. The van der Waals surface area contributed by atoms with E-state index in [0.29, 0.717) is 30.5 Å². The van der Waals surface area contributed by atoms with Crippen molar-refractivity contribution >= 4 is 22.9 Å². The minimum Gasteiger partial charge on any atom is -0.387 e. The molecule has 46 heavy (non-hydrogen) atoms. The number of anilines is 1. The second-order valence-electron chi connectivity index (χ2n) is 12.2. The Hall–Kier alpha value is -4.14. The van der Waals surface area contributed by atoms with Crippen LogP contribution in [0.4, 0.5) is 5.82 Å². The third kappa shape index (κ3) is 6.16. The molecule has 2 aromatic carbocycles. The van der Waals surface area contributed by atoms with Gasteiger partial charge in [-0.15, -0.1) is 4.73 Å². The maximum atomic E-state index is 13.6. The number of amides is 1. The number of imidazole rings is 1. The monoisotopic (exact) mass is 630 g/mol. The highest BCUT2D eigenvalue weighted by Crippen LogP contribution is 2.33. The van der Waals surface area contributed by atoms with Gasteiger partial charge in [-0.1, -0.05) is 60.7 Å². The number of benzene rings is 2. The Bertz CT molecular complexity index is 1580. The van der Waals surface area contributed by atoms with Gasteiger partial charge in [0, 0.05) is 31.1 Å². The zero-order valence-corrected chi connectivity index (χ0v) is 26.3. The molecule has 2 fully saturated rings. The molecule has 6 atom stereocenters. The Morgan fingerprint density at radius 1 is 1.07 bits per heavy atom. The van der Waals surface area contributed by atoms with Crippen molar-refractivity contribution < 1.29 is 24.6 Å². The molecule has 0 bridgehead atoms. The van der Waals surface area contributed by atoms with Crippen molar-refractivity contribution in [3.05, 3.63) is 84.4 Å². The number of nitrogens with one attached hydrogen (secondary N) is 1. The van der Waals surface area contributed by atoms with Crippen LogP contribution in [0.1, 0.15) is 43.2 Å². The summed E-state index contributed by atoms with van der Waals surface area (Å²) in [5.41, 5.74) is 9.34. The largest absolute Gasteiger partial charge is 0.387 e. The average molecular weight is 631 g/mol. The number of aliphatic hydroxyl groups excluding tert-OH is 2. The van der Waals surface area contributed by atoms with Crippen molar-refractivity contribution in [1.82, 2.24) is 29.5 Å². The molecule has 3 heterocycles. The number of nitrogens with two attached hydrogens (primary N) is 1. The first-order valence-corrected chi connectivity index (χ1v) is 15.7. The Kier molecular flexibility index (Phi) is 9.20. The van der Waals surface area contributed by atoms with Crippen LogP contribution in [0.25, 0.3) is 11.2 Å². The molecule has 2 aromatic heterocycles. The molecule has 4 aromatic rings. The second-order valence-corrected chi connectivity index (χ2v) is 12.2. The summed E-state index contributed by atoms with van der Waals surface area (Å²) in [4.78, 5) is 36.6. The summed E-state index contributed by atoms with van der Waals surface area (Å²) >= 11 is 0. The lowest BCUT2D eigenvalue weighted by molar-refractivity contribution is -0.252. The van der Waals surface area contributed by atoms with Gasteiger partial charge in [-0.3, -0.25) is 10.5 Å². The lowest BCUT2D eigenvalue weighted by Crippen LogP contribution is -2.58. The fourth-order valence-electron chi connectivity index (χ4n) is 6.62. The van der Waals surface area contributed by atoms with Gasteiger partial charge in [0.05, 0.1) is 0 Å². The molecule has 1 aliphatic carbocycles. The molecule has 5 N–H and O–H groups in total. The summed E-state index contributed by atoms with van der Waals surface area (Å²) in [5, 5.41) is 25.3. The number of fused-ring (bicyclic) bond motifs is 1. The smallest absolute Gasteiger partial charge is 0.320 e. The van der Waals surface area contributed by atoms with Crippen LogP contribution in [0.15, 0.2) is 73.3 Å². The van der Waals surface area contributed by atoms with Gasteiger partial charge in [0.25, 0.3) is 5.91 Å². The molecule has 1 aliphatic heterocycles. The van der Waals surface area contributed by atoms with Crippen molar-refractivity contribution in [2.24, 2.45) is 5.73 Å². The van der Waals surface area contributed by atoms with Crippen LogP contribution in [0.5, 0.6) is 0 Å². The molecular formula is C33H42N8O5. The normalized spacial score (nSPS) is 26.2. The molecule has 13 nitrogen and oxygen atoms in total. The Morgan fingerprint density at radius 2 is 1.72 bits per heavy atom. The maximum Gasteiger partial charge on any atom is 0.320 e. The summed E-state index contributed by atoms with van der Waals surface area (Å²) in [5.74, 6) is -2.18. The topological polar surface area (TPSA) is 164 Å². The van der Waals surface area contributed by atoms with Gasteiger partial charge < -0.3 is 34.9 Å². The number of hydrogen-bond acceptors (Lipinski definition) is 11. The number of rotatable bonds is 11. The number of aromatic nitrogens is 4. The van der Waals surface area contributed by atoms with Crippen LogP contribution in [0.2, 0.25) is 0 Å². The summed E-state index contributed by atoms with van der Waals surface area (Å²) < 4.78 is 6.99. The van der Waals surface area contributed by atoms with Crippen LogP contribution in [-0.2, 0) is 9.53 Å². The van der Waals surface area contributed by atoms with Gasteiger partial charge in [0.2, 0.25) is 5.65 Å². The lowest BCUT2D eigenvalue weighted by Gasteiger charge is -2.32. The van der Waals surface area contributed by atoms with Crippen molar-refractivity contribution in [3.8, 4) is 0 Å². The molecule has 1 saturated carbocycles. The molecular weight excluding hydrogens is 588 g/mol. The molecule has 1 saturated heterocycles. The van der Waals surface area contributed by atoms with Crippen LogP contribution in [-0.4, -0.2) is 109 Å². The summed E-state index contributed by atoms with van der Waals surface area (Å²) in [6, 6.07) is 20.7. The second kappa shape index (κ2) is 13.3. The number of aliphatic hydroxyl groups is 2. The Morgan fingerprint density at radius 3 is 2.33 bits per heavy atom. The van der Waals surface area contributed by atoms with Gasteiger partial charge >= 0.3 is 5.91 Å². The highest BCUT2D eigenvalue weighted by atomic mass is 16.8. The van der Waals surface area contributed by atoms with Gasteiger partial charge in [-0.05, 0) is 51.4 Å². The molecule has 244 valence electrons. The fourth-order valence-corrected chi connectivity index (χ4v) is 6.62. The van der Waals surface area contributed by atoms with E-state index >= 15 is 0 Å². The van der Waals surface area contributed by atoms with E-state index in [-0.39, 0.29) is 17.6 Å². The van der Waals surface area contributed by atoms with Gasteiger partial charge in [-0.2, -0.15) is 0 Å². The lowest BCUT2D eigenvalue weighted by atomic mass is 9.91. The van der Waals surface area contributed by atoms with Crippen LogP contribution >= 0.6 is 0 Å². The van der Waals surface area contributed by atoms with E-state index in [1.807, 2.05) is 57.4 Å². The maximum absolute atomic E-state index is 13.6. The first-order chi connectivity index (χ1) is 22.2. The number of hydrogen-bond donors (Lipinski definition) is 4. The molecule has 0 spiro atoms. The SMILES string of the molecule is CCN(C(=O)[C@H]1O[C@@](N)(On2cnc3c(NCC(c4ccccc4)c4ccccc4)ncnc32)[C@H](O)[C@@H]1O)C1CCC(N(C)C)C1. The van der Waals surface area contributed by atoms with E-state index in [4.69, 9.17) is 15.3 Å². The molecule has 6 rings (SSSR count). The van der Waals surface area contributed by atoms with Gasteiger partial charge in [0.1, 0.15) is 18.8 Å². The van der Waals surface area contributed by atoms with Crippen molar-refractivity contribution in [2.45, 2.75) is 68.4 Å². The minimum atomic E-state index is -2.25. The number of nitrogens with zero attached hydrogens (tertiary/aromatic N) is 6. The van der Waals surface area contributed by atoms with Crippen molar-refractivity contribution in [3.63, 3.8) is 0 Å². The van der Waals surface area contributed by atoms with E-state index in [2.05, 4.69) is 49.4 Å². The number of carbonyl (C=O) groups is 1. The standard InChI is InChI=1S/C33H42N8O5/c1-4-40(24-16-15-23(17-24)39(2)3)32(44)28-27(42)29(43)33(34,45-28)46-41-20-38-26-30(36-19-37-31(26)41)35-18-25(21-11-7-5-8-12-21)22-13-9-6-10-14-22/h5-14,19-20,23-25,27-29,42-43H,4,15-18,34H2,1-3H3,(H,35,36,37)/t23?,24?,27-,28+,29-,33-/m1/s1. The highest BCUT2D eigenvalue weighted by molar-refractivity contribution is 5.83. The number of likely N-dealkylation sites (N-methyl/N-ethyl adjacent to an activating group) is 1. The van der Waals surface area contributed by atoms with Gasteiger partial charge in [0.15, 0.2) is 23.5 Å². The molecule has 1 amide bonds. The predicted molar refractivity (Wildman–Crippen MR) is 171 cm³/mol. The Balaban J connectivity index is 1.18. The molecule has 2 unspecified atom stereocenters. The number of ether oxygens (including phenoxy) is 1. The zero-order chi connectivity index (χ0) is 32.4. The van der Waals surface area contributed by atoms with Crippen molar-refractivity contribution in [2.75, 3.05) is 32.5 Å². The third-order valence-corrected chi connectivity index (χ3v) is 9.19. The van der Waals surface area contributed by atoms with Crippen LogP contribution in [0.3, 0.4) is 0 Å². The van der Waals surface area contributed by atoms with E-state index in [1.165, 1.54) is 12.7 Å². The fraction of sp³-hybridized carbons (Fsp3) is 0.455. The summed E-state index contributed by atoms with van der Waals surface area (Å²) in [7, 11) is 4.06. The quantitative estimate of drug-likeness (QED) is 0.178. The first kappa shape index (κ1) is 31.8. The van der Waals surface area contributed by atoms with Crippen molar-refractivity contribution in [1.29, 1.82) is 0 Å². The average Bonchev–Trinajstić information content (AvgIpc) is 3.78. The molecule has 13 heteroatoms. The molecule has 2 aliphatic rings. The highest BCUT2D eigenvalue weighted by Gasteiger charge is 2.58. The summed E-state index contributed by atoms with van der Waals surface area (Å²) in [6.45, 7) is 2.84. The van der Waals surface area contributed by atoms with Crippen LogP contribution in [0, 0.1) is 0 Å².